The van der Waals surface area contributed by atoms with E-state index in [9.17, 15) is 13.5 Å². The number of piperidine rings is 1. The fourth-order valence-electron chi connectivity index (χ4n) is 3.23. The molecular formula is C13H25NO4S. The summed E-state index contributed by atoms with van der Waals surface area (Å²) < 4.78 is 30.1. The van der Waals surface area contributed by atoms with E-state index in [1.165, 1.54) is 6.26 Å². The molecule has 2 atom stereocenters. The highest BCUT2D eigenvalue weighted by atomic mass is 32.2. The van der Waals surface area contributed by atoms with Crippen LogP contribution in [0.3, 0.4) is 0 Å². The van der Waals surface area contributed by atoms with Gasteiger partial charge < -0.3 is 9.84 Å². The van der Waals surface area contributed by atoms with Crippen LogP contribution in [0.15, 0.2) is 0 Å². The van der Waals surface area contributed by atoms with Crippen molar-refractivity contribution in [2.24, 2.45) is 5.92 Å². The van der Waals surface area contributed by atoms with Gasteiger partial charge in [-0.25, -0.2) is 12.7 Å². The molecule has 0 saturated carbocycles. The first-order chi connectivity index (χ1) is 8.89. The Kier molecular flexibility index (Phi) is 4.87. The minimum Gasteiger partial charge on any atom is -0.390 e. The lowest BCUT2D eigenvalue weighted by atomic mass is 9.82. The Hall–Kier alpha value is -0.170. The maximum atomic E-state index is 11.6. The molecule has 19 heavy (non-hydrogen) atoms. The molecule has 0 radical (unpaired) electrons. The molecule has 0 bridgehead atoms. The molecule has 0 spiro atoms. The summed E-state index contributed by atoms with van der Waals surface area (Å²) in [7, 11) is -3.10. The largest absolute Gasteiger partial charge is 0.390 e. The highest BCUT2D eigenvalue weighted by molar-refractivity contribution is 7.88. The van der Waals surface area contributed by atoms with Crippen molar-refractivity contribution in [2.45, 2.75) is 44.1 Å². The van der Waals surface area contributed by atoms with Gasteiger partial charge in [0.25, 0.3) is 0 Å². The van der Waals surface area contributed by atoms with Crippen LogP contribution in [-0.4, -0.2) is 56.0 Å². The summed E-state index contributed by atoms with van der Waals surface area (Å²) in [5, 5.41) is 10.6. The third-order valence-corrected chi connectivity index (χ3v) is 5.53. The van der Waals surface area contributed by atoms with Gasteiger partial charge in [-0.3, -0.25) is 0 Å². The summed E-state index contributed by atoms with van der Waals surface area (Å²) in [5.74, 6) is 0.270. The van der Waals surface area contributed by atoms with Crippen LogP contribution in [0.5, 0.6) is 0 Å². The molecular weight excluding hydrogens is 266 g/mol. The molecule has 5 nitrogen and oxygen atoms in total. The Labute approximate surface area is 116 Å². The van der Waals surface area contributed by atoms with Crippen LogP contribution in [0, 0.1) is 5.92 Å². The maximum Gasteiger partial charge on any atom is 0.211 e. The van der Waals surface area contributed by atoms with Crippen LogP contribution in [0.25, 0.3) is 0 Å². The molecule has 112 valence electrons. The van der Waals surface area contributed by atoms with Gasteiger partial charge in [-0.05, 0) is 44.4 Å². The molecule has 2 aliphatic heterocycles. The van der Waals surface area contributed by atoms with E-state index in [2.05, 4.69) is 0 Å². The average Bonchev–Trinajstić information content (AvgIpc) is 2.53. The van der Waals surface area contributed by atoms with Crippen LogP contribution in [-0.2, 0) is 14.8 Å². The summed E-state index contributed by atoms with van der Waals surface area (Å²) in [5.41, 5.74) is -0.665. The molecule has 0 aliphatic carbocycles. The second-order valence-electron chi connectivity index (χ2n) is 6.02. The van der Waals surface area contributed by atoms with Crippen molar-refractivity contribution < 1.29 is 18.3 Å². The number of aliphatic hydroxyl groups is 1. The molecule has 6 heteroatoms. The molecule has 2 fully saturated rings. The summed E-state index contributed by atoms with van der Waals surface area (Å²) in [4.78, 5) is 0. The van der Waals surface area contributed by atoms with E-state index in [1.54, 1.807) is 4.31 Å². The van der Waals surface area contributed by atoms with Crippen LogP contribution >= 0.6 is 0 Å². The number of rotatable bonds is 3. The topological polar surface area (TPSA) is 66.8 Å². The monoisotopic (exact) mass is 291 g/mol. The number of hydrogen-bond donors (Lipinski definition) is 1. The molecule has 2 saturated heterocycles. The lowest BCUT2D eigenvalue weighted by Crippen LogP contribution is -2.42. The highest BCUT2D eigenvalue weighted by Gasteiger charge is 2.34. The smallest absolute Gasteiger partial charge is 0.211 e. The third-order valence-electron chi connectivity index (χ3n) is 4.26. The maximum absolute atomic E-state index is 11.6. The van der Waals surface area contributed by atoms with Gasteiger partial charge in [0, 0.05) is 26.3 Å². The molecule has 0 amide bonds. The van der Waals surface area contributed by atoms with E-state index < -0.39 is 15.6 Å². The van der Waals surface area contributed by atoms with Crippen molar-refractivity contribution in [1.82, 2.24) is 4.31 Å². The number of nitrogens with zero attached hydrogens (tertiary/aromatic N) is 1. The summed E-state index contributed by atoms with van der Waals surface area (Å²) in [6, 6.07) is 0. The first-order valence-corrected chi connectivity index (χ1v) is 8.99. The van der Waals surface area contributed by atoms with Gasteiger partial charge in [-0.2, -0.15) is 0 Å². The van der Waals surface area contributed by atoms with Gasteiger partial charge in [0.2, 0.25) is 10.0 Å². The zero-order chi connectivity index (χ0) is 13.9. The zero-order valence-electron chi connectivity index (χ0n) is 11.7. The van der Waals surface area contributed by atoms with Crippen molar-refractivity contribution in [3.63, 3.8) is 0 Å². The molecule has 2 heterocycles. The number of sulfonamides is 1. The fourth-order valence-corrected chi connectivity index (χ4v) is 4.17. The number of ether oxygens (including phenoxy) is 1. The zero-order valence-corrected chi connectivity index (χ0v) is 12.5. The van der Waals surface area contributed by atoms with Crippen LogP contribution in [0.1, 0.15) is 38.5 Å². The quantitative estimate of drug-likeness (QED) is 0.842. The summed E-state index contributed by atoms with van der Waals surface area (Å²) in [6.07, 6.45) is 6.19. The third kappa shape index (κ3) is 4.41. The lowest BCUT2D eigenvalue weighted by molar-refractivity contribution is -0.00972. The molecule has 0 aromatic heterocycles. The first-order valence-electron chi connectivity index (χ1n) is 7.14. The Morgan fingerprint density at radius 2 is 2.11 bits per heavy atom. The van der Waals surface area contributed by atoms with E-state index in [0.29, 0.717) is 32.5 Å². The molecule has 1 N–H and O–H groups in total. The van der Waals surface area contributed by atoms with Gasteiger partial charge in [0.15, 0.2) is 0 Å². The Balaban J connectivity index is 1.94. The predicted molar refractivity (Wildman–Crippen MR) is 73.4 cm³/mol. The first kappa shape index (κ1) is 15.2. The molecule has 0 aromatic carbocycles. The minimum absolute atomic E-state index is 0.270. The van der Waals surface area contributed by atoms with Crippen molar-refractivity contribution in [1.29, 1.82) is 0 Å². The normalized spacial score (nSPS) is 34.9. The van der Waals surface area contributed by atoms with Gasteiger partial charge in [0.05, 0.1) is 11.9 Å². The molecule has 2 unspecified atom stereocenters. The second kappa shape index (κ2) is 6.08. The van der Waals surface area contributed by atoms with E-state index in [1.807, 2.05) is 0 Å². The molecule has 2 rings (SSSR count). The average molecular weight is 291 g/mol. The van der Waals surface area contributed by atoms with Gasteiger partial charge in [-0.15, -0.1) is 0 Å². The Morgan fingerprint density at radius 3 is 2.84 bits per heavy atom. The van der Waals surface area contributed by atoms with E-state index in [4.69, 9.17) is 4.74 Å². The fraction of sp³-hybridized carbons (Fsp3) is 1.00. The highest BCUT2D eigenvalue weighted by Crippen LogP contribution is 2.32. The van der Waals surface area contributed by atoms with E-state index in [0.717, 1.165) is 32.3 Å². The van der Waals surface area contributed by atoms with E-state index >= 15 is 0 Å². The second-order valence-corrected chi connectivity index (χ2v) is 8.01. The van der Waals surface area contributed by atoms with Crippen molar-refractivity contribution in [3.05, 3.63) is 0 Å². The lowest BCUT2D eigenvalue weighted by Gasteiger charge is -2.36. The SMILES string of the molecule is CS(=O)(=O)N1CCCC(CC2(O)CCCOCC2)C1. The van der Waals surface area contributed by atoms with Crippen molar-refractivity contribution >= 4 is 10.0 Å². The summed E-state index contributed by atoms with van der Waals surface area (Å²) in [6.45, 7) is 2.51. The Bertz CT molecular complexity index is 387. The van der Waals surface area contributed by atoms with Crippen LogP contribution in [0.2, 0.25) is 0 Å². The summed E-state index contributed by atoms with van der Waals surface area (Å²) >= 11 is 0. The van der Waals surface area contributed by atoms with Gasteiger partial charge in [-0.1, -0.05) is 0 Å². The number of hydrogen-bond acceptors (Lipinski definition) is 4. The van der Waals surface area contributed by atoms with Gasteiger partial charge >= 0.3 is 0 Å². The van der Waals surface area contributed by atoms with Crippen LogP contribution < -0.4 is 0 Å². The molecule has 0 aromatic rings. The van der Waals surface area contributed by atoms with Crippen molar-refractivity contribution in [2.75, 3.05) is 32.6 Å². The standard InChI is InChI=1S/C13H25NO4S/c1-19(16,17)14-7-2-4-12(11-14)10-13(15)5-3-8-18-9-6-13/h12,15H,2-11H2,1H3. The predicted octanol–water partition coefficient (Wildman–Crippen LogP) is 0.980. The minimum atomic E-state index is -3.10. The molecule has 2 aliphatic rings. The van der Waals surface area contributed by atoms with Gasteiger partial charge in [0.1, 0.15) is 0 Å². The Morgan fingerprint density at radius 1 is 1.32 bits per heavy atom. The van der Waals surface area contributed by atoms with Crippen LogP contribution in [0.4, 0.5) is 0 Å². The van der Waals surface area contributed by atoms with E-state index in [-0.39, 0.29) is 5.92 Å². The van der Waals surface area contributed by atoms with Crippen molar-refractivity contribution in [3.8, 4) is 0 Å².